The van der Waals surface area contributed by atoms with Gasteiger partial charge in [-0.2, -0.15) is 0 Å². The van der Waals surface area contributed by atoms with Gasteiger partial charge >= 0.3 is 0 Å². The number of para-hydroxylation sites is 1. The van der Waals surface area contributed by atoms with Crippen LogP contribution in [0.4, 0.5) is 0 Å². The Balaban J connectivity index is 1.64. The molecule has 1 aliphatic rings. The number of rotatable bonds is 5. The van der Waals surface area contributed by atoms with Crippen molar-refractivity contribution in [3.05, 3.63) is 52.6 Å². The molecule has 1 atom stereocenters. The van der Waals surface area contributed by atoms with Gasteiger partial charge < -0.3 is 15.0 Å². The van der Waals surface area contributed by atoms with E-state index < -0.39 is 0 Å². The van der Waals surface area contributed by atoms with Crippen molar-refractivity contribution < 1.29 is 9.53 Å². The zero-order valence-corrected chi connectivity index (χ0v) is 15.1. The summed E-state index contributed by atoms with van der Waals surface area (Å²) < 4.78 is 6.59. The van der Waals surface area contributed by atoms with Crippen molar-refractivity contribution in [1.29, 1.82) is 0 Å². The third-order valence-corrected chi connectivity index (χ3v) is 4.76. The molecule has 0 aliphatic carbocycles. The van der Waals surface area contributed by atoms with Gasteiger partial charge in [0.25, 0.3) is 5.91 Å². The first-order chi connectivity index (χ1) is 11.7. The van der Waals surface area contributed by atoms with Crippen LogP contribution in [0.1, 0.15) is 16.8 Å². The van der Waals surface area contributed by atoms with Crippen LogP contribution >= 0.6 is 15.9 Å². The lowest BCUT2D eigenvalue weighted by atomic mass is 10.1. The van der Waals surface area contributed by atoms with Gasteiger partial charge in [-0.05, 0) is 60.1 Å². The van der Waals surface area contributed by atoms with Crippen LogP contribution < -0.4 is 10.1 Å². The van der Waals surface area contributed by atoms with Crippen LogP contribution in [0.25, 0.3) is 0 Å². The van der Waals surface area contributed by atoms with Gasteiger partial charge in [-0.15, -0.1) is 0 Å². The molecular formula is C18H20BrN3O2. The Kier molecular flexibility index (Phi) is 5.48. The van der Waals surface area contributed by atoms with Gasteiger partial charge in [0.15, 0.2) is 0 Å². The normalized spacial score (nSPS) is 17.1. The molecule has 0 spiro atoms. The van der Waals surface area contributed by atoms with Crippen LogP contribution in [-0.2, 0) is 0 Å². The molecule has 1 fully saturated rings. The van der Waals surface area contributed by atoms with Crippen molar-refractivity contribution in [1.82, 2.24) is 15.2 Å². The summed E-state index contributed by atoms with van der Waals surface area (Å²) in [6.07, 6.45) is 2.63. The summed E-state index contributed by atoms with van der Waals surface area (Å²) in [5, 5.41) is 3.17. The first-order valence-electron chi connectivity index (χ1n) is 7.99. The van der Waals surface area contributed by atoms with Crippen molar-refractivity contribution in [2.45, 2.75) is 6.42 Å². The molecule has 1 unspecified atom stereocenters. The smallest absolute Gasteiger partial charge is 0.255 e. The lowest BCUT2D eigenvalue weighted by molar-refractivity contribution is 0.0786. The average Bonchev–Trinajstić information content (AvgIpc) is 3.06. The number of nitrogens with one attached hydrogen (secondary N) is 1. The number of pyridine rings is 1. The van der Waals surface area contributed by atoms with Crippen molar-refractivity contribution in [2.24, 2.45) is 5.92 Å². The lowest BCUT2D eigenvalue weighted by Crippen LogP contribution is -2.30. The summed E-state index contributed by atoms with van der Waals surface area (Å²) in [6, 6.07) is 11.1. The lowest BCUT2D eigenvalue weighted by Gasteiger charge is -2.16. The molecule has 126 valence electrons. The zero-order chi connectivity index (χ0) is 16.9. The zero-order valence-electron chi connectivity index (χ0n) is 13.5. The van der Waals surface area contributed by atoms with Crippen molar-refractivity contribution >= 4 is 21.8 Å². The van der Waals surface area contributed by atoms with Gasteiger partial charge in [-0.1, -0.05) is 12.1 Å². The van der Waals surface area contributed by atoms with Crippen LogP contribution in [0.15, 0.2) is 47.1 Å². The van der Waals surface area contributed by atoms with E-state index in [9.17, 15) is 4.79 Å². The predicted octanol–water partition coefficient (Wildman–Crippen LogP) is 3.32. The highest BCUT2D eigenvalue weighted by molar-refractivity contribution is 9.10. The Morgan fingerprint density at radius 1 is 1.38 bits per heavy atom. The van der Waals surface area contributed by atoms with Crippen LogP contribution in [0.3, 0.4) is 0 Å². The average molecular weight is 390 g/mol. The van der Waals surface area contributed by atoms with E-state index in [1.807, 2.05) is 36.2 Å². The SMILES string of the molecule is CNCC1CCN(C(=O)c2ccc(Oc3ccccc3Br)nc2)C1. The number of aromatic nitrogens is 1. The first kappa shape index (κ1) is 16.9. The van der Waals surface area contributed by atoms with Crippen molar-refractivity contribution in [3.8, 4) is 11.6 Å². The van der Waals surface area contributed by atoms with E-state index in [1.54, 1.807) is 18.3 Å². The Bertz CT molecular complexity index is 706. The minimum atomic E-state index is 0.0357. The van der Waals surface area contributed by atoms with Gasteiger partial charge in [0, 0.05) is 25.4 Å². The number of hydrogen-bond donors (Lipinski definition) is 1. The van der Waals surface area contributed by atoms with E-state index in [-0.39, 0.29) is 5.91 Å². The second-order valence-corrected chi connectivity index (χ2v) is 6.74. The van der Waals surface area contributed by atoms with E-state index >= 15 is 0 Å². The fourth-order valence-electron chi connectivity index (χ4n) is 2.86. The van der Waals surface area contributed by atoms with Crippen LogP contribution in [0.5, 0.6) is 11.6 Å². The largest absolute Gasteiger partial charge is 0.438 e. The standard InChI is InChI=1S/C18H20BrN3O2/c1-20-10-13-8-9-22(12-13)18(23)14-6-7-17(21-11-14)24-16-5-3-2-4-15(16)19/h2-7,11,13,20H,8-10,12H2,1H3. The summed E-state index contributed by atoms with van der Waals surface area (Å²) in [6.45, 7) is 2.55. The molecule has 1 aromatic carbocycles. The maximum Gasteiger partial charge on any atom is 0.255 e. The molecule has 1 aromatic heterocycles. The van der Waals surface area contributed by atoms with Gasteiger partial charge in [-0.25, -0.2) is 4.98 Å². The number of carbonyl (C=O) groups excluding carboxylic acids is 1. The van der Waals surface area contributed by atoms with Gasteiger partial charge in [0.2, 0.25) is 5.88 Å². The first-order valence-corrected chi connectivity index (χ1v) is 8.79. The number of benzene rings is 1. The molecule has 6 heteroatoms. The number of amides is 1. The summed E-state index contributed by atoms with van der Waals surface area (Å²) in [5.41, 5.74) is 0.597. The Hall–Kier alpha value is -1.92. The minimum absolute atomic E-state index is 0.0357. The number of carbonyl (C=O) groups is 1. The van der Waals surface area contributed by atoms with Crippen molar-refractivity contribution in [2.75, 3.05) is 26.7 Å². The summed E-state index contributed by atoms with van der Waals surface area (Å²) in [7, 11) is 1.94. The van der Waals surface area contributed by atoms with Crippen LogP contribution in [-0.4, -0.2) is 42.5 Å². The van der Waals surface area contributed by atoms with Gasteiger partial charge in [0.05, 0.1) is 10.0 Å². The molecule has 1 amide bonds. The third kappa shape index (κ3) is 3.94. The number of ether oxygens (including phenoxy) is 1. The molecule has 1 saturated heterocycles. The Morgan fingerprint density at radius 2 is 2.21 bits per heavy atom. The summed E-state index contributed by atoms with van der Waals surface area (Å²) in [5.74, 6) is 1.73. The monoisotopic (exact) mass is 389 g/mol. The summed E-state index contributed by atoms with van der Waals surface area (Å²) in [4.78, 5) is 18.7. The highest BCUT2D eigenvalue weighted by Crippen LogP contribution is 2.28. The van der Waals surface area contributed by atoms with E-state index in [1.165, 1.54) is 0 Å². The fraction of sp³-hybridized carbons (Fsp3) is 0.333. The topological polar surface area (TPSA) is 54.5 Å². The molecular weight excluding hydrogens is 370 g/mol. The number of halogens is 1. The summed E-state index contributed by atoms with van der Waals surface area (Å²) >= 11 is 3.44. The molecule has 1 N–H and O–H groups in total. The Labute approximate surface area is 150 Å². The van der Waals surface area contributed by atoms with E-state index in [2.05, 4.69) is 26.2 Å². The molecule has 5 nitrogen and oxygen atoms in total. The molecule has 2 aromatic rings. The second-order valence-electron chi connectivity index (χ2n) is 5.88. The third-order valence-electron chi connectivity index (χ3n) is 4.10. The maximum absolute atomic E-state index is 12.5. The predicted molar refractivity (Wildman–Crippen MR) is 96.4 cm³/mol. The minimum Gasteiger partial charge on any atom is -0.438 e. The van der Waals surface area contributed by atoms with Crippen LogP contribution in [0.2, 0.25) is 0 Å². The molecule has 3 rings (SSSR count). The van der Waals surface area contributed by atoms with E-state index in [0.29, 0.717) is 23.1 Å². The van der Waals surface area contributed by atoms with E-state index in [0.717, 1.165) is 30.5 Å². The molecule has 0 radical (unpaired) electrons. The fourth-order valence-corrected chi connectivity index (χ4v) is 3.23. The van der Waals surface area contributed by atoms with Crippen molar-refractivity contribution in [3.63, 3.8) is 0 Å². The number of likely N-dealkylation sites (tertiary alicyclic amines) is 1. The number of hydrogen-bond acceptors (Lipinski definition) is 4. The highest BCUT2D eigenvalue weighted by atomic mass is 79.9. The van der Waals surface area contributed by atoms with E-state index in [4.69, 9.17) is 4.74 Å². The Morgan fingerprint density at radius 3 is 2.92 bits per heavy atom. The molecule has 0 saturated carbocycles. The molecule has 0 bridgehead atoms. The molecule has 24 heavy (non-hydrogen) atoms. The highest BCUT2D eigenvalue weighted by Gasteiger charge is 2.26. The van der Waals surface area contributed by atoms with Gasteiger partial charge in [0.1, 0.15) is 5.75 Å². The van der Waals surface area contributed by atoms with Gasteiger partial charge in [-0.3, -0.25) is 4.79 Å². The maximum atomic E-state index is 12.5. The number of nitrogens with zero attached hydrogens (tertiary/aromatic N) is 2. The molecule has 1 aliphatic heterocycles. The quantitative estimate of drug-likeness (QED) is 0.851. The van der Waals surface area contributed by atoms with Crippen LogP contribution in [0, 0.1) is 5.92 Å². The molecule has 2 heterocycles. The second kappa shape index (κ2) is 7.77.